The summed E-state index contributed by atoms with van der Waals surface area (Å²) >= 11 is 0. The van der Waals surface area contributed by atoms with Crippen LogP contribution in [0.2, 0.25) is 0 Å². The lowest BCUT2D eigenvalue weighted by atomic mass is 9.79. The molecule has 1 atom stereocenters. The predicted octanol–water partition coefficient (Wildman–Crippen LogP) is 3.47. The van der Waals surface area contributed by atoms with Crippen LogP contribution in [0.4, 0.5) is 0 Å². The van der Waals surface area contributed by atoms with Crippen LogP contribution in [-0.4, -0.2) is 5.78 Å². The van der Waals surface area contributed by atoms with E-state index >= 15 is 0 Å². The molecule has 0 bridgehead atoms. The van der Waals surface area contributed by atoms with Crippen LogP contribution < -0.4 is 5.73 Å². The molecule has 0 amide bonds. The van der Waals surface area contributed by atoms with E-state index in [0.717, 1.165) is 24.3 Å². The fourth-order valence-corrected chi connectivity index (χ4v) is 2.78. The van der Waals surface area contributed by atoms with E-state index < -0.39 is 0 Å². The fourth-order valence-electron chi connectivity index (χ4n) is 2.78. The molecule has 1 unspecified atom stereocenters. The number of ketones is 1. The molecule has 0 spiro atoms. The molecule has 2 rings (SSSR count). The summed E-state index contributed by atoms with van der Waals surface area (Å²) in [7, 11) is 0. The molecule has 0 heterocycles. The van der Waals surface area contributed by atoms with Crippen molar-refractivity contribution in [2.75, 3.05) is 0 Å². The van der Waals surface area contributed by atoms with Crippen molar-refractivity contribution in [2.24, 2.45) is 17.6 Å². The zero-order valence-corrected chi connectivity index (χ0v) is 11.1. The van der Waals surface area contributed by atoms with Crippen molar-refractivity contribution in [3.05, 3.63) is 35.9 Å². The average molecular weight is 245 g/mol. The molecule has 2 nitrogen and oxygen atoms in total. The number of carbonyl (C=O) groups is 1. The van der Waals surface area contributed by atoms with Crippen molar-refractivity contribution in [1.82, 2.24) is 0 Å². The Hall–Kier alpha value is -1.15. The van der Waals surface area contributed by atoms with Gasteiger partial charge in [0, 0.05) is 18.4 Å². The molecule has 1 aliphatic rings. The van der Waals surface area contributed by atoms with Crippen LogP contribution in [0.15, 0.2) is 30.3 Å². The van der Waals surface area contributed by atoms with E-state index in [2.05, 4.69) is 6.92 Å². The molecular weight excluding hydrogens is 222 g/mol. The topological polar surface area (TPSA) is 43.1 Å². The van der Waals surface area contributed by atoms with Crippen molar-refractivity contribution in [2.45, 2.75) is 45.1 Å². The van der Waals surface area contributed by atoms with Gasteiger partial charge in [0.05, 0.1) is 0 Å². The molecule has 0 radical (unpaired) electrons. The molecule has 98 valence electrons. The highest BCUT2D eigenvalue weighted by atomic mass is 16.1. The number of carbonyl (C=O) groups excluding carboxylic acids is 1. The molecule has 2 N–H and O–H groups in total. The van der Waals surface area contributed by atoms with Gasteiger partial charge in [-0.1, -0.05) is 50.1 Å². The van der Waals surface area contributed by atoms with Gasteiger partial charge >= 0.3 is 0 Å². The van der Waals surface area contributed by atoms with Crippen LogP contribution >= 0.6 is 0 Å². The van der Waals surface area contributed by atoms with Gasteiger partial charge < -0.3 is 5.73 Å². The SMILES string of the molecule is CC1CCC(C(=O)CC(N)c2ccccc2)CC1. The van der Waals surface area contributed by atoms with Crippen LogP contribution in [0.5, 0.6) is 0 Å². The van der Waals surface area contributed by atoms with E-state index in [0.29, 0.717) is 12.2 Å². The van der Waals surface area contributed by atoms with Crippen LogP contribution in [-0.2, 0) is 4.79 Å². The van der Waals surface area contributed by atoms with Gasteiger partial charge in [0.2, 0.25) is 0 Å². The first-order valence-corrected chi connectivity index (χ1v) is 7.00. The zero-order valence-electron chi connectivity index (χ0n) is 11.1. The molecular formula is C16H23NO. The van der Waals surface area contributed by atoms with Gasteiger partial charge in [0.25, 0.3) is 0 Å². The third-order valence-electron chi connectivity index (χ3n) is 4.12. The van der Waals surface area contributed by atoms with Crippen LogP contribution in [0.1, 0.15) is 50.6 Å². The van der Waals surface area contributed by atoms with Crippen LogP contribution in [0, 0.1) is 11.8 Å². The van der Waals surface area contributed by atoms with Crippen LogP contribution in [0.25, 0.3) is 0 Å². The standard InChI is InChI=1S/C16H23NO/c1-12-7-9-14(10-8-12)16(18)11-15(17)13-5-3-2-4-6-13/h2-6,12,14-15H,7-11,17H2,1H3. The number of hydrogen-bond acceptors (Lipinski definition) is 2. The maximum absolute atomic E-state index is 12.2. The normalized spacial score (nSPS) is 25.7. The van der Waals surface area contributed by atoms with E-state index in [1.165, 1.54) is 12.8 Å². The molecule has 1 fully saturated rings. The van der Waals surface area contributed by atoms with E-state index in [4.69, 9.17) is 5.73 Å². The first kappa shape index (κ1) is 13.3. The highest BCUT2D eigenvalue weighted by Crippen LogP contribution is 2.30. The third-order valence-corrected chi connectivity index (χ3v) is 4.12. The molecule has 0 aliphatic heterocycles. The summed E-state index contributed by atoms with van der Waals surface area (Å²) in [5, 5.41) is 0. The number of rotatable bonds is 4. The first-order valence-electron chi connectivity index (χ1n) is 7.00. The highest BCUT2D eigenvalue weighted by Gasteiger charge is 2.25. The lowest BCUT2D eigenvalue weighted by Gasteiger charge is -2.26. The lowest BCUT2D eigenvalue weighted by molar-refractivity contribution is -0.124. The quantitative estimate of drug-likeness (QED) is 0.882. The second-order valence-electron chi connectivity index (χ2n) is 5.64. The van der Waals surface area contributed by atoms with Crippen molar-refractivity contribution < 1.29 is 4.79 Å². The molecule has 1 saturated carbocycles. The first-order chi connectivity index (χ1) is 8.66. The second-order valence-corrected chi connectivity index (χ2v) is 5.64. The Kier molecular flexibility index (Phi) is 4.54. The minimum absolute atomic E-state index is 0.141. The minimum Gasteiger partial charge on any atom is -0.324 e. The summed E-state index contributed by atoms with van der Waals surface area (Å²) in [5.74, 6) is 1.41. The summed E-state index contributed by atoms with van der Waals surface area (Å²) in [5.41, 5.74) is 7.17. The van der Waals surface area contributed by atoms with E-state index in [1.807, 2.05) is 30.3 Å². The van der Waals surface area contributed by atoms with E-state index in [1.54, 1.807) is 0 Å². The molecule has 0 saturated heterocycles. The molecule has 2 heteroatoms. The van der Waals surface area contributed by atoms with Gasteiger partial charge in [-0.15, -0.1) is 0 Å². The Morgan fingerprint density at radius 2 is 1.83 bits per heavy atom. The van der Waals surface area contributed by atoms with Gasteiger partial charge in [-0.05, 0) is 24.3 Å². The van der Waals surface area contributed by atoms with Gasteiger partial charge in [0.1, 0.15) is 5.78 Å². The summed E-state index contributed by atoms with van der Waals surface area (Å²) in [6.45, 7) is 2.27. The average Bonchev–Trinajstić information content (AvgIpc) is 2.40. The Bertz CT molecular complexity index is 379. The van der Waals surface area contributed by atoms with Gasteiger partial charge in [-0.3, -0.25) is 4.79 Å². The number of benzene rings is 1. The Balaban J connectivity index is 1.87. The minimum atomic E-state index is -0.141. The summed E-state index contributed by atoms with van der Waals surface area (Å²) in [6.07, 6.45) is 4.99. The number of Topliss-reactive ketones (excluding diaryl/α,β-unsaturated/α-hetero) is 1. The number of nitrogens with two attached hydrogens (primary N) is 1. The predicted molar refractivity (Wildman–Crippen MR) is 74.1 cm³/mol. The van der Waals surface area contributed by atoms with Gasteiger partial charge in [-0.2, -0.15) is 0 Å². The van der Waals surface area contributed by atoms with E-state index in [-0.39, 0.29) is 12.0 Å². The monoisotopic (exact) mass is 245 g/mol. The summed E-state index contributed by atoms with van der Waals surface area (Å²) in [6, 6.07) is 9.78. The van der Waals surface area contributed by atoms with Crippen LogP contribution in [0.3, 0.4) is 0 Å². The molecule has 1 aromatic carbocycles. The number of hydrogen-bond donors (Lipinski definition) is 1. The van der Waals surface area contributed by atoms with Crippen molar-refractivity contribution in [3.63, 3.8) is 0 Å². The summed E-state index contributed by atoms with van der Waals surface area (Å²) < 4.78 is 0. The van der Waals surface area contributed by atoms with Gasteiger partial charge in [0.15, 0.2) is 0 Å². The maximum Gasteiger partial charge on any atom is 0.137 e. The highest BCUT2D eigenvalue weighted by molar-refractivity contribution is 5.81. The van der Waals surface area contributed by atoms with E-state index in [9.17, 15) is 4.79 Å². The van der Waals surface area contributed by atoms with Crippen molar-refractivity contribution >= 4 is 5.78 Å². The molecule has 18 heavy (non-hydrogen) atoms. The molecule has 1 aliphatic carbocycles. The molecule has 1 aromatic rings. The van der Waals surface area contributed by atoms with Crippen molar-refractivity contribution in [1.29, 1.82) is 0 Å². The summed E-state index contributed by atoms with van der Waals surface area (Å²) in [4.78, 5) is 12.2. The Labute approximate surface area is 110 Å². The zero-order chi connectivity index (χ0) is 13.0. The maximum atomic E-state index is 12.2. The third kappa shape index (κ3) is 3.42. The fraction of sp³-hybridized carbons (Fsp3) is 0.562. The Morgan fingerprint density at radius 3 is 2.44 bits per heavy atom. The van der Waals surface area contributed by atoms with Crippen molar-refractivity contribution in [3.8, 4) is 0 Å². The molecule has 0 aromatic heterocycles. The van der Waals surface area contributed by atoms with Gasteiger partial charge in [-0.25, -0.2) is 0 Å². The second kappa shape index (κ2) is 6.14. The Morgan fingerprint density at radius 1 is 1.22 bits per heavy atom. The smallest absolute Gasteiger partial charge is 0.137 e. The lowest BCUT2D eigenvalue weighted by Crippen LogP contribution is -2.24. The largest absolute Gasteiger partial charge is 0.324 e.